The van der Waals surface area contributed by atoms with Crippen molar-refractivity contribution in [3.8, 4) is 0 Å². The normalized spacial score (nSPS) is 17.8. The molecule has 1 atom stereocenters. The fraction of sp³-hybridized carbons (Fsp3) is 0.533. The van der Waals surface area contributed by atoms with Gasteiger partial charge in [0.1, 0.15) is 0 Å². The van der Waals surface area contributed by atoms with Crippen molar-refractivity contribution < 1.29 is 9.90 Å². The van der Waals surface area contributed by atoms with E-state index in [9.17, 15) is 9.90 Å². The largest absolute Gasteiger partial charge is 0.388 e. The summed E-state index contributed by atoms with van der Waals surface area (Å²) in [6.07, 6.45) is 3.33. The Kier molecular flexibility index (Phi) is 4.63. The first-order valence-electron chi connectivity index (χ1n) is 6.71. The predicted octanol–water partition coefficient (Wildman–Crippen LogP) is 2.66. The molecule has 0 bridgehead atoms. The van der Waals surface area contributed by atoms with E-state index in [2.05, 4.69) is 21.2 Å². The van der Waals surface area contributed by atoms with E-state index < -0.39 is 5.60 Å². The molecule has 4 heteroatoms. The maximum Gasteiger partial charge on any atom is 0.220 e. The van der Waals surface area contributed by atoms with Crippen LogP contribution in [-0.2, 0) is 11.2 Å². The standard InChI is InChI=1S/C15H20BrNO2/c1-15(19,12-5-6-12)10-17-14(18)9-4-11-2-7-13(16)8-3-11/h2-3,7-8,12,19H,4-6,9-10H2,1H3,(H,17,18)/t15-/m0/s1. The molecule has 104 valence electrons. The van der Waals surface area contributed by atoms with Crippen molar-refractivity contribution in [2.45, 2.75) is 38.2 Å². The molecule has 0 unspecified atom stereocenters. The van der Waals surface area contributed by atoms with Gasteiger partial charge in [-0.3, -0.25) is 4.79 Å². The average molecular weight is 326 g/mol. The van der Waals surface area contributed by atoms with Gasteiger partial charge >= 0.3 is 0 Å². The van der Waals surface area contributed by atoms with Crippen LogP contribution in [-0.4, -0.2) is 23.2 Å². The molecule has 1 aliphatic rings. The number of hydrogen-bond donors (Lipinski definition) is 2. The Bertz CT molecular complexity index is 438. The second-order valence-electron chi connectivity index (χ2n) is 5.53. The molecule has 2 rings (SSSR count). The van der Waals surface area contributed by atoms with Crippen LogP contribution in [0.1, 0.15) is 31.7 Å². The van der Waals surface area contributed by atoms with Gasteiger partial charge in [-0.15, -0.1) is 0 Å². The first kappa shape index (κ1) is 14.5. The monoisotopic (exact) mass is 325 g/mol. The molecule has 19 heavy (non-hydrogen) atoms. The number of carbonyl (C=O) groups is 1. The molecule has 3 nitrogen and oxygen atoms in total. The fourth-order valence-electron chi connectivity index (χ4n) is 2.12. The maximum absolute atomic E-state index is 11.7. The molecule has 0 heterocycles. The summed E-state index contributed by atoms with van der Waals surface area (Å²) < 4.78 is 1.04. The first-order chi connectivity index (χ1) is 8.97. The highest BCUT2D eigenvalue weighted by Crippen LogP contribution is 2.38. The fourth-order valence-corrected chi connectivity index (χ4v) is 2.39. The number of aryl methyl sites for hydroxylation is 1. The van der Waals surface area contributed by atoms with Gasteiger partial charge in [0.05, 0.1) is 5.60 Å². The van der Waals surface area contributed by atoms with Crippen LogP contribution in [0.2, 0.25) is 0 Å². The molecule has 0 spiro atoms. The molecule has 0 radical (unpaired) electrons. The summed E-state index contributed by atoms with van der Waals surface area (Å²) in [5.41, 5.74) is 0.403. The van der Waals surface area contributed by atoms with E-state index in [0.29, 0.717) is 18.9 Å². The Labute approximate surface area is 122 Å². The van der Waals surface area contributed by atoms with Gasteiger partial charge < -0.3 is 10.4 Å². The third-order valence-corrected chi connectivity index (χ3v) is 4.18. The second-order valence-corrected chi connectivity index (χ2v) is 6.45. The van der Waals surface area contributed by atoms with E-state index in [0.717, 1.165) is 29.3 Å². The molecule has 0 aliphatic heterocycles. The summed E-state index contributed by atoms with van der Waals surface area (Å²) in [5.74, 6) is 0.364. The van der Waals surface area contributed by atoms with E-state index in [1.54, 1.807) is 6.92 Å². The minimum Gasteiger partial charge on any atom is -0.388 e. The number of aliphatic hydroxyl groups is 1. The van der Waals surface area contributed by atoms with E-state index in [4.69, 9.17) is 0 Å². The second kappa shape index (κ2) is 6.06. The minimum absolute atomic E-state index is 0.00356. The van der Waals surface area contributed by atoms with E-state index >= 15 is 0 Å². The number of nitrogens with one attached hydrogen (secondary N) is 1. The molecule has 1 aliphatic carbocycles. The van der Waals surface area contributed by atoms with Gasteiger partial charge in [-0.25, -0.2) is 0 Å². The molecule has 0 aromatic heterocycles. The Hall–Kier alpha value is -0.870. The van der Waals surface area contributed by atoms with Crippen LogP contribution >= 0.6 is 15.9 Å². The number of benzene rings is 1. The summed E-state index contributed by atoms with van der Waals surface area (Å²) in [7, 11) is 0. The van der Waals surface area contributed by atoms with Gasteiger partial charge in [0.25, 0.3) is 0 Å². The molecule has 1 aromatic carbocycles. The summed E-state index contributed by atoms with van der Waals surface area (Å²) >= 11 is 3.38. The SMILES string of the molecule is C[C@](O)(CNC(=O)CCc1ccc(Br)cc1)C1CC1. The summed E-state index contributed by atoms with van der Waals surface area (Å²) in [4.78, 5) is 11.7. The summed E-state index contributed by atoms with van der Waals surface area (Å²) in [6, 6.07) is 7.98. The van der Waals surface area contributed by atoms with Crippen LogP contribution in [0.3, 0.4) is 0 Å². The highest BCUT2D eigenvalue weighted by atomic mass is 79.9. The van der Waals surface area contributed by atoms with Crippen LogP contribution < -0.4 is 5.32 Å². The van der Waals surface area contributed by atoms with Crippen molar-refractivity contribution in [1.29, 1.82) is 0 Å². The van der Waals surface area contributed by atoms with Crippen molar-refractivity contribution >= 4 is 21.8 Å². The molecule has 0 saturated heterocycles. The van der Waals surface area contributed by atoms with Crippen LogP contribution in [0.15, 0.2) is 28.7 Å². The zero-order valence-corrected chi connectivity index (χ0v) is 12.7. The topological polar surface area (TPSA) is 49.3 Å². The predicted molar refractivity (Wildman–Crippen MR) is 78.8 cm³/mol. The van der Waals surface area contributed by atoms with Gasteiger partial charge in [0.2, 0.25) is 5.91 Å². The van der Waals surface area contributed by atoms with Crippen molar-refractivity contribution in [1.82, 2.24) is 5.32 Å². The van der Waals surface area contributed by atoms with Crippen LogP contribution in [0.5, 0.6) is 0 Å². The van der Waals surface area contributed by atoms with Crippen molar-refractivity contribution in [3.63, 3.8) is 0 Å². The van der Waals surface area contributed by atoms with Gasteiger partial charge in [0.15, 0.2) is 0 Å². The Morgan fingerprint density at radius 2 is 2.05 bits per heavy atom. The third-order valence-electron chi connectivity index (χ3n) is 3.65. The number of rotatable bonds is 6. The van der Waals surface area contributed by atoms with Crippen LogP contribution in [0.25, 0.3) is 0 Å². The van der Waals surface area contributed by atoms with E-state index in [1.807, 2.05) is 24.3 Å². The highest BCUT2D eigenvalue weighted by molar-refractivity contribution is 9.10. The lowest BCUT2D eigenvalue weighted by Crippen LogP contribution is -2.42. The van der Waals surface area contributed by atoms with E-state index in [1.165, 1.54) is 0 Å². The van der Waals surface area contributed by atoms with Gasteiger partial charge in [-0.2, -0.15) is 0 Å². The Balaban J connectivity index is 1.71. The minimum atomic E-state index is -0.743. The lowest BCUT2D eigenvalue weighted by atomic mass is 10.0. The van der Waals surface area contributed by atoms with Crippen molar-refractivity contribution in [3.05, 3.63) is 34.3 Å². The molecule has 1 fully saturated rings. The molecule has 2 N–H and O–H groups in total. The van der Waals surface area contributed by atoms with Crippen LogP contribution in [0, 0.1) is 5.92 Å². The number of carbonyl (C=O) groups excluding carboxylic acids is 1. The summed E-state index contributed by atoms with van der Waals surface area (Å²) in [6.45, 7) is 2.16. The highest BCUT2D eigenvalue weighted by Gasteiger charge is 2.39. The lowest BCUT2D eigenvalue weighted by molar-refractivity contribution is -0.122. The van der Waals surface area contributed by atoms with Crippen LogP contribution in [0.4, 0.5) is 0 Å². The van der Waals surface area contributed by atoms with Gasteiger partial charge in [0, 0.05) is 17.4 Å². The number of hydrogen-bond acceptors (Lipinski definition) is 2. The quantitative estimate of drug-likeness (QED) is 0.844. The Morgan fingerprint density at radius 1 is 1.42 bits per heavy atom. The van der Waals surface area contributed by atoms with Gasteiger partial charge in [-0.1, -0.05) is 28.1 Å². The lowest BCUT2D eigenvalue weighted by Gasteiger charge is -2.23. The first-order valence-corrected chi connectivity index (χ1v) is 7.50. The number of amides is 1. The summed E-state index contributed by atoms with van der Waals surface area (Å²) in [5, 5.41) is 12.9. The average Bonchev–Trinajstić information content (AvgIpc) is 3.20. The van der Waals surface area contributed by atoms with E-state index in [-0.39, 0.29) is 5.91 Å². The maximum atomic E-state index is 11.7. The van der Waals surface area contributed by atoms with Crippen molar-refractivity contribution in [2.24, 2.45) is 5.92 Å². The smallest absolute Gasteiger partial charge is 0.220 e. The number of halogens is 1. The van der Waals surface area contributed by atoms with Crippen molar-refractivity contribution in [2.75, 3.05) is 6.54 Å². The molecule has 1 amide bonds. The zero-order chi connectivity index (χ0) is 13.9. The zero-order valence-electron chi connectivity index (χ0n) is 11.2. The molecular formula is C15H20BrNO2. The Morgan fingerprint density at radius 3 is 2.63 bits per heavy atom. The molecule has 1 aromatic rings. The third kappa shape index (κ3) is 4.62. The van der Waals surface area contributed by atoms with Gasteiger partial charge in [-0.05, 0) is 49.8 Å². The molecular weight excluding hydrogens is 306 g/mol. The molecule has 1 saturated carbocycles.